The minimum atomic E-state index is -0.613. The highest BCUT2D eigenvalue weighted by Gasteiger charge is 2.14. The van der Waals surface area contributed by atoms with Crippen molar-refractivity contribution in [2.75, 3.05) is 19.7 Å². The molecule has 0 fully saturated rings. The maximum Gasteiger partial charge on any atom is 0.407 e. The minimum Gasteiger partial charge on any atom is -0.481 e. The summed E-state index contributed by atoms with van der Waals surface area (Å²) in [6.07, 6.45) is -1.09. The Hall–Kier alpha value is -2.24. The van der Waals surface area contributed by atoms with Crippen LogP contribution in [0.1, 0.15) is 46.1 Å². The van der Waals surface area contributed by atoms with E-state index in [0.717, 1.165) is 0 Å². The zero-order chi connectivity index (χ0) is 18.8. The first kappa shape index (κ1) is 20.8. The van der Waals surface area contributed by atoms with Crippen molar-refractivity contribution in [3.8, 4) is 5.75 Å². The molecule has 0 saturated carbocycles. The summed E-state index contributed by atoms with van der Waals surface area (Å²) < 4.78 is 10.6. The number of carbonyl (C=O) groups excluding carboxylic acids is 2. The fourth-order valence-corrected chi connectivity index (χ4v) is 1.98. The number of carbonyl (C=O) groups is 2. The van der Waals surface area contributed by atoms with Gasteiger partial charge in [-0.1, -0.05) is 39.8 Å². The molecule has 0 aliphatic carbocycles. The van der Waals surface area contributed by atoms with Crippen LogP contribution in [0.2, 0.25) is 0 Å². The molecule has 0 aromatic heterocycles. The van der Waals surface area contributed by atoms with Gasteiger partial charge >= 0.3 is 6.09 Å². The molecule has 0 heterocycles. The molecular formula is C19H30N2O4. The van der Waals surface area contributed by atoms with Crippen LogP contribution in [-0.4, -0.2) is 37.8 Å². The third-order valence-electron chi connectivity index (χ3n) is 3.47. The average molecular weight is 350 g/mol. The van der Waals surface area contributed by atoms with Gasteiger partial charge in [0, 0.05) is 13.1 Å². The van der Waals surface area contributed by atoms with Crippen molar-refractivity contribution < 1.29 is 19.1 Å². The van der Waals surface area contributed by atoms with E-state index in [-0.39, 0.29) is 11.8 Å². The molecule has 6 heteroatoms. The van der Waals surface area contributed by atoms with Crippen LogP contribution in [-0.2, 0) is 9.53 Å². The lowest BCUT2D eigenvalue weighted by molar-refractivity contribution is -0.127. The second-order valence-corrected chi connectivity index (χ2v) is 6.69. The Labute approximate surface area is 150 Å². The molecular weight excluding hydrogens is 320 g/mol. The largest absolute Gasteiger partial charge is 0.481 e. The number of nitrogens with one attached hydrogen (secondary N) is 2. The maximum absolute atomic E-state index is 12.0. The first-order valence-corrected chi connectivity index (χ1v) is 8.74. The standard InChI is InChI=1S/C19H30N2O4/c1-13(2)12-24-19(23)21-11-10-20-18(22)15(5)25-17-8-6-16(7-9-17)14(3)4/h6-9,13-15H,10-12H2,1-5H3,(H,20,22)(H,21,23). The van der Waals surface area contributed by atoms with Crippen molar-refractivity contribution in [1.29, 1.82) is 0 Å². The van der Waals surface area contributed by atoms with Gasteiger partial charge in [0.05, 0.1) is 6.61 Å². The summed E-state index contributed by atoms with van der Waals surface area (Å²) in [6, 6.07) is 7.73. The second kappa shape index (κ2) is 10.6. The molecule has 0 bridgehead atoms. The first-order chi connectivity index (χ1) is 11.8. The number of ether oxygens (including phenoxy) is 2. The number of rotatable bonds is 9. The molecule has 6 nitrogen and oxygen atoms in total. The van der Waals surface area contributed by atoms with Gasteiger partial charge in [-0.05, 0) is 36.5 Å². The van der Waals surface area contributed by atoms with Crippen molar-refractivity contribution in [1.82, 2.24) is 10.6 Å². The van der Waals surface area contributed by atoms with Crippen LogP contribution in [0.3, 0.4) is 0 Å². The number of benzene rings is 1. The highest BCUT2D eigenvalue weighted by molar-refractivity contribution is 5.80. The molecule has 2 N–H and O–H groups in total. The van der Waals surface area contributed by atoms with Gasteiger partial charge in [0.25, 0.3) is 5.91 Å². The fraction of sp³-hybridized carbons (Fsp3) is 0.579. The Balaban J connectivity index is 2.26. The van der Waals surface area contributed by atoms with Crippen molar-refractivity contribution in [3.05, 3.63) is 29.8 Å². The molecule has 140 valence electrons. The van der Waals surface area contributed by atoms with Crippen molar-refractivity contribution >= 4 is 12.0 Å². The number of hydrogen-bond donors (Lipinski definition) is 2. The van der Waals surface area contributed by atoms with E-state index in [1.807, 2.05) is 38.1 Å². The Kier molecular flexibility index (Phi) is 8.81. The van der Waals surface area contributed by atoms with E-state index in [4.69, 9.17) is 9.47 Å². The Morgan fingerprint density at radius 1 is 0.960 bits per heavy atom. The van der Waals surface area contributed by atoms with E-state index in [9.17, 15) is 9.59 Å². The van der Waals surface area contributed by atoms with Gasteiger partial charge in [0.1, 0.15) is 5.75 Å². The van der Waals surface area contributed by atoms with Crippen molar-refractivity contribution in [2.24, 2.45) is 5.92 Å². The lowest BCUT2D eigenvalue weighted by Gasteiger charge is -2.15. The second-order valence-electron chi connectivity index (χ2n) is 6.69. The molecule has 0 aliphatic rings. The average Bonchev–Trinajstić information content (AvgIpc) is 2.57. The Morgan fingerprint density at radius 2 is 1.56 bits per heavy atom. The summed E-state index contributed by atoms with van der Waals surface area (Å²) in [4.78, 5) is 23.4. The summed E-state index contributed by atoms with van der Waals surface area (Å²) in [7, 11) is 0. The SMILES string of the molecule is CC(C)COC(=O)NCCNC(=O)C(C)Oc1ccc(C(C)C)cc1. The van der Waals surface area contributed by atoms with Crippen LogP contribution in [0.15, 0.2) is 24.3 Å². The summed E-state index contributed by atoms with van der Waals surface area (Å²) in [6.45, 7) is 10.9. The lowest BCUT2D eigenvalue weighted by Crippen LogP contribution is -2.40. The van der Waals surface area contributed by atoms with E-state index in [2.05, 4.69) is 24.5 Å². The molecule has 1 aromatic rings. The van der Waals surface area contributed by atoms with E-state index < -0.39 is 12.2 Å². The van der Waals surface area contributed by atoms with Crippen LogP contribution in [0.4, 0.5) is 4.79 Å². The third-order valence-corrected chi connectivity index (χ3v) is 3.47. The minimum absolute atomic E-state index is 0.231. The number of hydrogen-bond acceptors (Lipinski definition) is 4. The van der Waals surface area contributed by atoms with Crippen LogP contribution >= 0.6 is 0 Å². The normalized spacial score (nSPS) is 12.0. The van der Waals surface area contributed by atoms with Crippen LogP contribution in [0.5, 0.6) is 5.75 Å². The van der Waals surface area contributed by atoms with Crippen LogP contribution in [0.25, 0.3) is 0 Å². The topological polar surface area (TPSA) is 76.7 Å². The molecule has 1 atom stereocenters. The van der Waals surface area contributed by atoms with E-state index in [1.54, 1.807) is 6.92 Å². The van der Waals surface area contributed by atoms with Crippen molar-refractivity contribution in [2.45, 2.75) is 46.6 Å². The smallest absolute Gasteiger partial charge is 0.407 e. The molecule has 1 aromatic carbocycles. The molecule has 0 aliphatic heterocycles. The zero-order valence-corrected chi connectivity index (χ0v) is 15.8. The van der Waals surface area contributed by atoms with Crippen LogP contribution < -0.4 is 15.4 Å². The predicted molar refractivity (Wildman–Crippen MR) is 97.8 cm³/mol. The maximum atomic E-state index is 12.0. The predicted octanol–water partition coefficient (Wildman–Crippen LogP) is 3.08. The van der Waals surface area contributed by atoms with Gasteiger partial charge in [-0.2, -0.15) is 0 Å². The fourth-order valence-electron chi connectivity index (χ4n) is 1.98. The molecule has 0 radical (unpaired) electrons. The van der Waals surface area contributed by atoms with Gasteiger partial charge < -0.3 is 20.1 Å². The van der Waals surface area contributed by atoms with E-state index in [0.29, 0.717) is 31.4 Å². The van der Waals surface area contributed by atoms with E-state index in [1.165, 1.54) is 5.56 Å². The monoisotopic (exact) mass is 350 g/mol. The lowest BCUT2D eigenvalue weighted by atomic mass is 10.0. The molecule has 2 amide bonds. The zero-order valence-electron chi connectivity index (χ0n) is 15.8. The summed E-state index contributed by atoms with van der Waals surface area (Å²) in [5.74, 6) is 1.17. The summed E-state index contributed by atoms with van der Waals surface area (Å²) in [5.41, 5.74) is 1.22. The highest BCUT2D eigenvalue weighted by atomic mass is 16.5. The van der Waals surface area contributed by atoms with Crippen molar-refractivity contribution in [3.63, 3.8) is 0 Å². The molecule has 1 unspecified atom stereocenters. The first-order valence-electron chi connectivity index (χ1n) is 8.74. The van der Waals surface area contributed by atoms with Gasteiger partial charge in [-0.15, -0.1) is 0 Å². The van der Waals surface area contributed by atoms with Gasteiger partial charge in [0.15, 0.2) is 6.10 Å². The Bertz CT molecular complexity index is 541. The quantitative estimate of drug-likeness (QED) is 0.671. The van der Waals surface area contributed by atoms with Crippen LogP contribution in [0, 0.1) is 5.92 Å². The molecule has 0 spiro atoms. The third kappa shape index (κ3) is 8.42. The molecule has 0 saturated heterocycles. The summed E-state index contributed by atoms with van der Waals surface area (Å²) in [5, 5.41) is 5.30. The van der Waals surface area contributed by atoms with E-state index >= 15 is 0 Å². The Morgan fingerprint density at radius 3 is 2.12 bits per heavy atom. The van der Waals surface area contributed by atoms with Gasteiger partial charge in [-0.25, -0.2) is 4.79 Å². The summed E-state index contributed by atoms with van der Waals surface area (Å²) >= 11 is 0. The molecule has 1 rings (SSSR count). The number of alkyl carbamates (subject to hydrolysis) is 1. The van der Waals surface area contributed by atoms with Gasteiger partial charge in [0.2, 0.25) is 0 Å². The van der Waals surface area contributed by atoms with Gasteiger partial charge in [-0.3, -0.25) is 4.79 Å². The highest BCUT2D eigenvalue weighted by Crippen LogP contribution is 2.19. The molecule has 25 heavy (non-hydrogen) atoms. The number of amides is 2.